The Morgan fingerprint density at radius 2 is 2.21 bits per heavy atom. The average Bonchev–Trinajstić information content (AvgIpc) is 2.84. The molecule has 0 radical (unpaired) electrons. The number of nitrogens with two attached hydrogens (primary N) is 1. The highest BCUT2D eigenvalue weighted by Crippen LogP contribution is 2.25. The third-order valence-corrected chi connectivity index (χ3v) is 4.14. The maximum absolute atomic E-state index is 11.9. The van der Waals surface area contributed by atoms with E-state index >= 15 is 0 Å². The van der Waals surface area contributed by atoms with Crippen molar-refractivity contribution in [1.82, 2.24) is 5.32 Å². The van der Waals surface area contributed by atoms with Crippen LogP contribution < -0.4 is 15.8 Å². The van der Waals surface area contributed by atoms with Gasteiger partial charge in [-0.3, -0.25) is 4.79 Å². The van der Waals surface area contributed by atoms with Gasteiger partial charge in [-0.2, -0.15) is 0 Å². The number of anilines is 1. The zero-order valence-corrected chi connectivity index (χ0v) is 11.6. The largest absolute Gasteiger partial charge is 0.323 e. The van der Waals surface area contributed by atoms with Crippen molar-refractivity contribution in [2.75, 3.05) is 11.9 Å². The summed E-state index contributed by atoms with van der Waals surface area (Å²) in [4.78, 5) is 11.8. The number of halogens is 1. The molecule has 4 N–H and O–H groups in total. The van der Waals surface area contributed by atoms with E-state index in [4.69, 9.17) is 16.7 Å². The van der Waals surface area contributed by atoms with E-state index in [1.54, 1.807) is 0 Å². The Kier molecular flexibility index (Phi) is 4.10. The van der Waals surface area contributed by atoms with Gasteiger partial charge in [-0.15, -0.1) is 0 Å². The number of benzene rings is 1. The predicted octanol–water partition coefficient (Wildman–Crippen LogP) is 0.678. The monoisotopic (exact) mass is 303 g/mol. The van der Waals surface area contributed by atoms with Gasteiger partial charge in [-0.05, 0) is 37.6 Å². The topological polar surface area (TPSA) is 101 Å². The fourth-order valence-electron chi connectivity index (χ4n) is 1.91. The summed E-state index contributed by atoms with van der Waals surface area (Å²) < 4.78 is 22.5. The van der Waals surface area contributed by atoms with Gasteiger partial charge in [0.25, 0.3) is 0 Å². The van der Waals surface area contributed by atoms with E-state index in [2.05, 4.69) is 10.6 Å². The van der Waals surface area contributed by atoms with Crippen molar-refractivity contribution in [2.24, 2.45) is 5.14 Å². The van der Waals surface area contributed by atoms with Crippen LogP contribution in [0.25, 0.3) is 0 Å². The molecule has 1 aromatic carbocycles. The van der Waals surface area contributed by atoms with E-state index in [9.17, 15) is 13.2 Å². The van der Waals surface area contributed by atoms with Crippen molar-refractivity contribution in [3.05, 3.63) is 23.2 Å². The van der Waals surface area contributed by atoms with Gasteiger partial charge in [0.15, 0.2) is 0 Å². The number of hydrogen-bond donors (Lipinski definition) is 3. The number of hydrogen-bond acceptors (Lipinski definition) is 4. The number of carbonyl (C=O) groups excluding carboxylic acids is 1. The van der Waals surface area contributed by atoms with Crippen LogP contribution in [0.2, 0.25) is 5.02 Å². The Bertz CT molecular complexity index is 597. The molecule has 0 unspecified atom stereocenters. The molecule has 0 spiro atoms. The van der Waals surface area contributed by atoms with Crippen molar-refractivity contribution in [3.8, 4) is 0 Å². The Morgan fingerprint density at radius 3 is 2.79 bits per heavy atom. The first-order valence-electron chi connectivity index (χ1n) is 5.74. The molecule has 1 aromatic rings. The molecule has 0 aromatic heterocycles. The summed E-state index contributed by atoms with van der Waals surface area (Å²) in [5.74, 6) is -0.231. The summed E-state index contributed by atoms with van der Waals surface area (Å²) in [6.45, 7) is 0.795. The lowest BCUT2D eigenvalue weighted by molar-refractivity contribution is -0.117. The molecule has 19 heavy (non-hydrogen) atoms. The number of amides is 1. The highest BCUT2D eigenvalue weighted by atomic mass is 35.5. The number of primary sulfonamides is 1. The lowest BCUT2D eigenvalue weighted by atomic mass is 10.2. The molecule has 0 saturated carbocycles. The smallest absolute Gasteiger partial charge is 0.241 e. The molecule has 1 atom stereocenters. The standard InChI is InChI=1S/C11H14ClN3O3S/c12-8-4-3-7(19(13,17)18)6-10(8)15-11(16)9-2-1-5-14-9/h3-4,6,9,14H,1-2,5H2,(H,15,16)(H2,13,17,18)/t9-/m0/s1. The van der Waals surface area contributed by atoms with Gasteiger partial charge in [-0.25, -0.2) is 13.6 Å². The normalized spacial score (nSPS) is 19.4. The van der Waals surface area contributed by atoms with Gasteiger partial charge in [-0.1, -0.05) is 11.6 Å². The van der Waals surface area contributed by atoms with E-state index in [1.807, 2.05) is 0 Å². The Morgan fingerprint density at radius 1 is 1.47 bits per heavy atom. The van der Waals surface area contributed by atoms with Crippen LogP contribution in [-0.4, -0.2) is 26.9 Å². The van der Waals surface area contributed by atoms with Gasteiger partial charge in [0, 0.05) is 0 Å². The molecule has 0 aliphatic carbocycles. The van der Waals surface area contributed by atoms with E-state index < -0.39 is 10.0 Å². The number of nitrogens with one attached hydrogen (secondary N) is 2. The minimum atomic E-state index is -3.82. The molecule has 1 amide bonds. The lowest BCUT2D eigenvalue weighted by Gasteiger charge is -2.13. The summed E-state index contributed by atoms with van der Waals surface area (Å²) in [6.07, 6.45) is 1.68. The maximum atomic E-state index is 11.9. The molecular weight excluding hydrogens is 290 g/mol. The van der Waals surface area contributed by atoms with Crippen LogP contribution in [0.5, 0.6) is 0 Å². The molecule has 1 aliphatic rings. The average molecular weight is 304 g/mol. The second kappa shape index (κ2) is 5.46. The number of sulfonamides is 1. The van der Waals surface area contributed by atoms with Crippen LogP contribution >= 0.6 is 11.6 Å². The molecule has 1 heterocycles. The first-order chi connectivity index (χ1) is 8.88. The molecular formula is C11H14ClN3O3S. The fourth-order valence-corrected chi connectivity index (χ4v) is 2.61. The maximum Gasteiger partial charge on any atom is 0.241 e. The molecule has 8 heteroatoms. The van der Waals surface area contributed by atoms with Crippen molar-refractivity contribution >= 4 is 33.2 Å². The van der Waals surface area contributed by atoms with E-state index in [0.717, 1.165) is 19.4 Å². The zero-order valence-electron chi connectivity index (χ0n) is 10.0. The van der Waals surface area contributed by atoms with E-state index in [-0.39, 0.29) is 27.6 Å². The third-order valence-electron chi connectivity index (χ3n) is 2.90. The van der Waals surface area contributed by atoms with Crippen LogP contribution in [0.3, 0.4) is 0 Å². The summed E-state index contributed by atoms with van der Waals surface area (Å²) in [5, 5.41) is 10.9. The molecule has 2 rings (SSSR count). The SMILES string of the molecule is NS(=O)(=O)c1ccc(Cl)c(NC(=O)[C@@H]2CCCN2)c1. The second-order valence-electron chi connectivity index (χ2n) is 4.32. The summed E-state index contributed by atoms with van der Waals surface area (Å²) >= 11 is 5.93. The molecule has 6 nitrogen and oxygen atoms in total. The molecule has 1 aliphatic heterocycles. The molecule has 1 saturated heterocycles. The zero-order chi connectivity index (χ0) is 14.0. The van der Waals surface area contributed by atoms with Crippen LogP contribution in [0, 0.1) is 0 Å². The minimum Gasteiger partial charge on any atom is -0.323 e. The van der Waals surface area contributed by atoms with Crippen LogP contribution in [-0.2, 0) is 14.8 Å². The van der Waals surface area contributed by atoms with Crippen LogP contribution in [0.1, 0.15) is 12.8 Å². The van der Waals surface area contributed by atoms with Gasteiger partial charge >= 0.3 is 0 Å². The first-order valence-corrected chi connectivity index (χ1v) is 7.67. The van der Waals surface area contributed by atoms with Gasteiger partial charge in [0.05, 0.1) is 21.6 Å². The number of carbonyl (C=O) groups is 1. The van der Waals surface area contributed by atoms with Crippen molar-refractivity contribution in [2.45, 2.75) is 23.8 Å². The van der Waals surface area contributed by atoms with Crippen molar-refractivity contribution in [1.29, 1.82) is 0 Å². The van der Waals surface area contributed by atoms with Gasteiger partial charge in [0.2, 0.25) is 15.9 Å². The lowest BCUT2D eigenvalue weighted by Crippen LogP contribution is -2.35. The fraction of sp³-hybridized carbons (Fsp3) is 0.364. The van der Waals surface area contributed by atoms with Crippen LogP contribution in [0.4, 0.5) is 5.69 Å². The predicted molar refractivity (Wildman–Crippen MR) is 72.5 cm³/mol. The van der Waals surface area contributed by atoms with Crippen LogP contribution in [0.15, 0.2) is 23.1 Å². The van der Waals surface area contributed by atoms with E-state index in [1.165, 1.54) is 18.2 Å². The summed E-state index contributed by atoms with van der Waals surface area (Å²) in [6, 6.07) is 3.67. The Balaban J connectivity index is 2.22. The molecule has 0 bridgehead atoms. The quantitative estimate of drug-likeness (QED) is 0.764. The Labute approximate surface area is 116 Å². The highest BCUT2D eigenvalue weighted by Gasteiger charge is 2.23. The molecule has 1 fully saturated rings. The first kappa shape index (κ1) is 14.3. The Hall–Kier alpha value is -1.15. The minimum absolute atomic E-state index is 0.0911. The van der Waals surface area contributed by atoms with Crippen molar-refractivity contribution in [3.63, 3.8) is 0 Å². The highest BCUT2D eigenvalue weighted by molar-refractivity contribution is 7.89. The third kappa shape index (κ3) is 3.44. The van der Waals surface area contributed by atoms with Gasteiger partial charge in [0.1, 0.15) is 0 Å². The summed E-state index contributed by atoms with van der Waals surface area (Å²) in [7, 11) is -3.82. The number of rotatable bonds is 3. The van der Waals surface area contributed by atoms with Crippen molar-refractivity contribution < 1.29 is 13.2 Å². The molecule has 104 valence electrons. The summed E-state index contributed by atoms with van der Waals surface area (Å²) in [5.41, 5.74) is 0.242. The van der Waals surface area contributed by atoms with E-state index in [0.29, 0.717) is 0 Å². The second-order valence-corrected chi connectivity index (χ2v) is 6.29. The van der Waals surface area contributed by atoms with Gasteiger partial charge < -0.3 is 10.6 Å².